The van der Waals surface area contributed by atoms with Crippen LogP contribution in [0.25, 0.3) is 0 Å². The van der Waals surface area contributed by atoms with Gasteiger partial charge in [0.25, 0.3) is 0 Å². The lowest BCUT2D eigenvalue weighted by Crippen LogP contribution is -2.00. The zero-order chi connectivity index (χ0) is 13.0. The maximum atomic E-state index is 13.3. The molecule has 0 aliphatic carbocycles. The normalized spacial score (nSPS) is 10.4. The number of halogens is 2. The number of rotatable bonds is 4. The first-order chi connectivity index (χ1) is 8.70. The van der Waals surface area contributed by atoms with Crippen molar-refractivity contribution in [3.05, 3.63) is 65.2 Å². The molecule has 4 heteroatoms. The van der Waals surface area contributed by atoms with Crippen molar-refractivity contribution >= 4 is 0 Å². The summed E-state index contributed by atoms with van der Waals surface area (Å²) in [6, 6.07) is 10.7. The van der Waals surface area contributed by atoms with Gasteiger partial charge in [-0.15, -0.1) is 0 Å². The van der Waals surface area contributed by atoms with Gasteiger partial charge in [0.2, 0.25) is 0 Å². The van der Waals surface area contributed by atoms with Gasteiger partial charge in [-0.05, 0) is 23.8 Å². The monoisotopic (exact) mass is 250 g/mol. The van der Waals surface area contributed by atoms with Gasteiger partial charge >= 0.3 is 0 Å². The minimum absolute atomic E-state index is 0.0396. The van der Waals surface area contributed by atoms with E-state index in [-0.39, 0.29) is 18.8 Å². The summed E-state index contributed by atoms with van der Waals surface area (Å²) in [6.45, 7) is -0.0825. The molecule has 18 heavy (non-hydrogen) atoms. The van der Waals surface area contributed by atoms with E-state index in [2.05, 4.69) is 0 Å². The van der Waals surface area contributed by atoms with E-state index in [4.69, 9.17) is 9.84 Å². The Morgan fingerprint density at radius 3 is 2.39 bits per heavy atom. The molecule has 0 spiro atoms. The van der Waals surface area contributed by atoms with Gasteiger partial charge in [0.05, 0.1) is 6.61 Å². The van der Waals surface area contributed by atoms with Crippen LogP contribution in [0.3, 0.4) is 0 Å². The summed E-state index contributed by atoms with van der Waals surface area (Å²) in [7, 11) is 0. The molecule has 0 unspecified atom stereocenters. The molecule has 0 aliphatic rings. The number of aliphatic hydroxyl groups excluding tert-OH is 1. The Kier molecular flexibility index (Phi) is 3.89. The van der Waals surface area contributed by atoms with Crippen LogP contribution in [0.15, 0.2) is 42.5 Å². The third-order valence-electron chi connectivity index (χ3n) is 2.53. The lowest BCUT2D eigenvalue weighted by atomic mass is 10.2. The Balaban J connectivity index is 2.04. The van der Waals surface area contributed by atoms with Crippen molar-refractivity contribution in [2.24, 2.45) is 0 Å². The maximum absolute atomic E-state index is 13.3. The smallest absolute Gasteiger partial charge is 0.165 e. The Bertz CT molecular complexity index is 524. The Hall–Kier alpha value is -1.94. The van der Waals surface area contributed by atoms with Gasteiger partial charge in [-0.1, -0.05) is 24.3 Å². The fourth-order valence-electron chi connectivity index (χ4n) is 1.51. The van der Waals surface area contributed by atoms with Crippen molar-refractivity contribution in [3.8, 4) is 5.75 Å². The fraction of sp³-hybridized carbons (Fsp3) is 0.143. The van der Waals surface area contributed by atoms with Crippen molar-refractivity contribution in [1.82, 2.24) is 0 Å². The molecule has 0 aliphatic heterocycles. The van der Waals surface area contributed by atoms with Gasteiger partial charge in [0.15, 0.2) is 11.6 Å². The predicted molar refractivity (Wildman–Crippen MR) is 63.1 cm³/mol. The highest BCUT2D eigenvalue weighted by Crippen LogP contribution is 2.16. The minimum atomic E-state index is -0.885. The van der Waals surface area contributed by atoms with Crippen LogP contribution in [-0.4, -0.2) is 5.11 Å². The Labute approximate surface area is 103 Å². The van der Waals surface area contributed by atoms with Crippen LogP contribution in [0.2, 0.25) is 0 Å². The van der Waals surface area contributed by atoms with Crippen LogP contribution < -0.4 is 4.74 Å². The van der Waals surface area contributed by atoms with E-state index >= 15 is 0 Å². The molecule has 0 heterocycles. The second kappa shape index (κ2) is 5.60. The molecule has 0 atom stereocenters. The van der Waals surface area contributed by atoms with Crippen molar-refractivity contribution in [3.63, 3.8) is 0 Å². The van der Waals surface area contributed by atoms with Crippen LogP contribution in [0, 0.1) is 11.6 Å². The molecule has 0 saturated heterocycles. The number of hydrogen-bond acceptors (Lipinski definition) is 2. The standard InChI is InChI=1S/C14H12F2O2/c15-13-3-1-2-11(14(13)16)9-18-12-6-4-10(8-17)5-7-12/h1-7,17H,8-9H2. The number of aliphatic hydroxyl groups is 1. The lowest BCUT2D eigenvalue weighted by molar-refractivity contribution is 0.280. The molecule has 2 aromatic carbocycles. The maximum Gasteiger partial charge on any atom is 0.165 e. The molecule has 2 aromatic rings. The molecule has 0 fully saturated rings. The number of benzene rings is 2. The van der Waals surface area contributed by atoms with E-state index in [1.54, 1.807) is 24.3 Å². The summed E-state index contributed by atoms with van der Waals surface area (Å²) in [5.41, 5.74) is 0.931. The SMILES string of the molecule is OCc1ccc(OCc2cccc(F)c2F)cc1. The zero-order valence-corrected chi connectivity index (χ0v) is 9.57. The Morgan fingerprint density at radius 1 is 1.00 bits per heavy atom. The van der Waals surface area contributed by atoms with Gasteiger partial charge in [0.1, 0.15) is 12.4 Å². The van der Waals surface area contributed by atoms with Crippen LogP contribution in [0.1, 0.15) is 11.1 Å². The summed E-state index contributed by atoms with van der Waals surface area (Å²) >= 11 is 0. The highest BCUT2D eigenvalue weighted by atomic mass is 19.2. The van der Waals surface area contributed by atoms with Crippen LogP contribution in [0.5, 0.6) is 5.75 Å². The van der Waals surface area contributed by atoms with Crippen LogP contribution >= 0.6 is 0 Å². The largest absolute Gasteiger partial charge is 0.489 e. The van der Waals surface area contributed by atoms with E-state index in [0.29, 0.717) is 5.75 Å². The molecule has 2 nitrogen and oxygen atoms in total. The van der Waals surface area contributed by atoms with Gasteiger partial charge in [-0.25, -0.2) is 8.78 Å². The van der Waals surface area contributed by atoms with Crippen molar-refractivity contribution in [2.75, 3.05) is 0 Å². The van der Waals surface area contributed by atoms with Gasteiger partial charge in [-0.2, -0.15) is 0 Å². The van der Waals surface area contributed by atoms with Crippen molar-refractivity contribution < 1.29 is 18.6 Å². The molecule has 0 amide bonds. The molecule has 2 rings (SSSR count). The van der Waals surface area contributed by atoms with Crippen LogP contribution in [-0.2, 0) is 13.2 Å². The van der Waals surface area contributed by atoms with E-state index in [1.165, 1.54) is 12.1 Å². The second-order valence-electron chi connectivity index (χ2n) is 3.80. The molecule has 0 radical (unpaired) electrons. The molecule has 0 saturated carbocycles. The predicted octanol–water partition coefficient (Wildman–Crippen LogP) is 3.04. The minimum Gasteiger partial charge on any atom is -0.489 e. The molecular formula is C14H12F2O2. The number of hydrogen-bond donors (Lipinski definition) is 1. The summed E-state index contributed by atoms with van der Waals surface area (Å²) in [5, 5.41) is 8.87. The summed E-state index contributed by atoms with van der Waals surface area (Å²) < 4.78 is 31.6. The van der Waals surface area contributed by atoms with E-state index in [9.17, 15) is 8.78 Å². The summed E-state index contributed by atoms with van der Waals surface area (Å²) in [4.78, 5) is 0. The van der Waals surface area contributed by atoms with Crippen LogP contribution in [0.4, 0.5) is 8.78 Å². The average Bonchev–Trinajstić information content (AvgIpc) is 2.41. The van der Waals surface area contributed by atoms with Gasteiger partial charge < -0.3 is 9.84 Å². The average molecular weight is 250 g/mol. The van der Waals surface area contributed by atoms with Gasteiger partial charge in [0, 0.05) is 5.56 Å². The van der Waals surface area contributed by atoms with Crippen molar-refractivity contribution in [2.45, 2.75) is 13.2 Å². The third kappa shape index (κ3) is 2.84. The first-order valence-electron chi connectivity index (χ1n) is 5.46. The summed E-state index contributed by atoms with van der Waals surface area (Å²) in [5.74, 6) is -1.23. The fourth-order valence-corrected chi connectivity index (χ4v) is 1.51. The lowest BCUT2D eigenvalue weighted by Gasteiger charge is -2.08. The van der Waals surface area contributed by atoms with E-state index in [0.717, 1.165) is 11.6 Å². The van der Waals surface area contributed by atoms with Crippen molar-refractivity contribution in [1.29, 1.82) is 0 Å². The second-order valence-corrected chi connectivity index (χ2v) is 3.80. The van der Waals surface area contributed by atoms with E-state index < -0.39 is 11.6 Å². The summed E-state index contributed by atoms with van der Waals surface area (Å²) in [6.07, 6.45) is 0. The molecule has 1 N–H and O–H groups in total. The highest BCUT2D eigenvalue weighted by molar-refractivity contribution is 5.27. The molecule has 94 valence electrons. The number of ether oxygens (including phenoxy) is 1. The highest BCUT2D eigenvalue weighted by Gasteiger charge is 2.07. The first-order valence-corrected chi connectivity index (χ1v) is 5.46. The topological polar surface area (TPSA) is 29.5 Å². The molecule has 0 bridgehead atoms. The zero-order valence-electron chi connectivity index (χ0n) is 9.57. The third-order valence-corrected chi connectivity index (χ3v) is 2.53. The van der Waals surface area contributed by atoms with E-state index in [1.807, 2.05) is 0 Å². The quantitative estimate of drug-likeness (QED) is 0.903. The molecule has 0 aromatic heterocycles. The molecular weight excluding hydrogens is 238 g/mol. The Morgan fingerprint density at radius 2 is 1.72 bits per heavy atom. The van der Waals surface area contributed by atoms with Gasteiger partial charge in [-0.3, -0.25) is 0 Å². The first kappa shape index (κ1) is 12.5.